The summed E-state index contributed by atoms with van der Waals surface area (Å²) >= 11 is 0. The van der Waals surface area contributed by atoms with Crippen LogP contribution in [0, 0.1) is 31.0 Å². The summed E-state index contributed by atoms with van der Waals surface area (Å²) in [5.41, 5.74) is 4.38. The first kappa shape index (κ1) is 22.4. The van der Waals surface area contributed by atoms with E-state index in [4.69, 9.17) is 0 Å². The van der Waals surface area contributed by atoms with E-state index in [1.54, 1.807) is 21.5 Å². The van der Waals surface area contributed by atoms with E-state index in [-0.39, 0.29) is 11.7 Å². The van der Waals surface area contributed by atoms with Gasteiger partial charge < -0.3 is 9.80 Å². The number of rotatable bonds is 5. The summed E-state index contributed by atoms with van der Waals surface area (Å²) < 4.78 is 16.1. The summed E-state index contributed by atoms with van der Waals surface area (Å²) in [6.45, 7) is 7.27. The van der Waals surface area contributed by atoms with E-state index in [0.29, 0.717) is 61.5 Å². The molecule has 0 saturated carbocycles. The molecule has 1 saturated heterocycles. The molecule has 1 aliphatic rings. The first-order chi connectivity index (χ1) is 15.8. The molecule has 1 amide bonds. The van der Waals surface area contributed by atoms with Gasteiger partial charge in [-0.15, -0.1) is 0 Å². The highest BCUT2D eigenvalue weighted by Crippen LogP contribution is 2.23. The van der Waals surface area contributed by atoms with E-state index in [1.165, 1.54) is 19.2 Å². The molecular formula is C24H25FN6O2. The third kappa shape index (κ3) is 4.29. The smallest absolute Gasteiger partial charge is 0.223 e. The summed E-state index contributed by atoms with van der Waals surface area (Å²) in [6, 6.07) is 6.62. The van der Waals surface area contributed by atoms with Crippen molar-refractivity contribution >= 4 is 23.0 Å². The molecule has 170 valence electrons. The second kappa shape index (κ2) is 8.98. The van der Waals surface area contributed by atoms with Gasteiger partial charge in [-0.1, -0.05) is 0 Å². The molecule has 0 radical (unpaired) electrons. The van der Waals surface area contributed by atoms with Crippen LogP contribution >= 0.6 is 0 Å². The predicted octanol–water partition coefficient (Wildman–Crippen LogP) is 2.84. The molecule has 9 heteroatoms. The molecule has 0 spiro atoms. The lowest BCUT2D eigenvalue weighted by Gasteiger charge is -2.36. The zero-order valence-corrected chi connectivity index (χ0v) is 18.9. The summed E-state index contributed by atoms with van der Waals surface area (Å²) in [5, 5.41) is 13.5. The van der Waals surface area contributed by atoms with Gasteiger partial charge in [0.2, 0.25) is 5.91 Å². The Morgan fingerprint density at radius 3 is 2.55 bits per heavy atom. The Balaban J connectivity index is 1.38. The van der Waals surface area contributed by atoms with Crippen molar-refractivity contribution in [2.24, 2.45) is 0 Å². The van der Waals surface area contributed by atoms with Crippen molar-refractivity contribution in [2.45, 2.75) is 33.6 Å². The number of hydrogen-bond acceptors (Lipinski definition) is 6. The first-order valence-electron chi connectivity index (χ1n) is 10.9. The number of nitriles is 1. The van der Waals surface area contributed by atoms with Crippen LogP contribution in [-0.4, -0.2) is 57.4 Å². The molecule has 8 nitrogen and oxygen atoms in total. The molecule has 0 bridgehead atoms. The SMILES string of the molecule is CC(=O)c1ccc(N2CCN(C(=O)CCc3c(C)nc4c(C#N)cnn4c3C)CC2)c(F)c1. The number of aryl methyl sites for hydroxylation is 2. The third-order valence-corrected chi connectivity index (χ3v) is 6.25. The van der Waals surface area contributed by atoms with Gasteiger partial charge in [-0.05, 0) is 51.0 Å². The van der Waals surface area contributed by atoms with Gasteiger partial charge in [-0.25, -0.2) is 13.9 Å². The molecule has 3 heterocycles. The fraction of sp³-hybridized carbons (Fsp3) is 0.375. The molecule has 0 unspecified atom stereocenters. The topological polar surface area (TPSA) is 94.6 Å². The number of nitrogens with zero attached hydrogens (tertiary/aromatic N) is 6. The van der Waals surface area contributed by atoms with E-state index in [1.807, 2.05) is 18.7 Å². The van der Waals surface area contributed by atoms with Crippen LogP contribution in [-0.2, 0) is 11.2 Å². The number of halogens is 1. The minimum Gasteiger partial charge on any atom is -0.366 e. The number of carbonyl (C=O) groups excluding carboxylic acids is 2. The number of carbonyl (C=O) groups is 2. The van der Waals surface area contributed by atoms with E-state index in [0.717, 1.165) is 17.0 Å². The van der Waals surface area contributed by atoms with Crippen molar-refractivity contribution in [3.05, 3.63) is 58.3 Å². The summed E-state index contributed by atoms with van der Waals surface area (Å²) in [7, 11) is 0. The van der Waals surface area contributed by atoms with Crippen molar-refractivity contribution in [1.29, 1.82) is 5.26 Å². The molecule has 0 atom stereocenters. The largest absolute Gasteiger partial charge is 0.366 e. The van der Waals surface area contributed by atoms with Crippen molar-refractivity contribution in [1.82, 2.24) is 19.5 Å². The van der Waals surface area contributed by atoms with Gasteiger partial charge in [-0.2, -0.15) is 10.4 Å². The number of Topliss-reactive ketones (excluding diaryl/α,β-unsaturated/α-hetero) is 1. The van der Waals surface area contributed by atoms with Gasteiger partial charge in [0.05, 0.1) is 11.9 Å². The van der Waals surface area contributed by atoms with Crippen molar-refractivity contribution in [2.75, 3.05) is 31.1 Å². The van der Waals surface area contributed by atoms with Crippen molar-refractivity contribution in [3.8, 4) is 6.07 Å². The van der Waals surface area contributed by atoms with Gasteiger partial charge in [0, 0.05) is 49.6 Å². The number of benzene rings is 1. The molecule has 1 aliphatic heterocycles. The van der Waals surface area contributed by atoms with Crippen LogP contribution in [0.1, 0.15) is 46.2 Å². The van der Waals surface area contributed by atoms with Crippen LogP contribution in [0.15, 0.2) is 24.4 Å². The fourth-order valence-electron chi connectivity index (χ4n) is 4.32. The van der Waals surface area contributed by atoms with Crippen LogP contribution in [0.5, 0.6) is 0 Å². The van der Waals surface area contributed by atoms with Gasteiger partial charge in [0.1, 0.15) is 17.4 Å². The van der Waals surface area contributed by atoms with Crippen molar-refractivity contribution < 1.29 is 14.0 Å². The molecule has 33 heavy (non-hydrogen) atoms. The number of aromatic nitrogens is 3. The zero-order chi connectivity index (χ0) is 23.7. The highest BCUT2D eigenvalue weighted by atomic mass is 19.1. The Morgan fingerprint density at radius 1 is 1.18 bits per heavy atom. The van der Waals surface area contributed by atoms with Crippen LogP contribution in [0.25, 0.3) is 5.65 Å². The monoisotopic (exact) mass is 448 g/mol. The molecular weight excluding hydrogens is 423 g/mol. The number of amides is 1. The standard InChI is InChI=1S/C24H25FN6O2/c1-15-20(16(2)31-24(28-15)19(13-26)14-27-31)5-7-23(33)30-10-8-29(9-11-30)22-6-4-18(17(3)32)12-21(22)25/h4,6,12,14H,5,7-11H2,1-3H3. The summed E-state index contributed by atoms with van der Waals surface area (Å²) in [4.78, 5) is 32.5. The van der Waals surface area contributed by atoms with E-state index >= 15 is 0 Å². The minimum atomic E-state index is -0.422. The Kier molecular flexibility index (Phi) is 6.09. The average Bonchev–Trinajstić information content (AvgIpc) is 3.21. The van der Waals surface area contributed by atoms with E-state index < -0.39 is 5.82 Å². The Bertz CT molecular complexity index is 1280. The molecule has 1 aromatic carbocycles. The van der Waals surface area contributed by atoms with Gasteiger partial charge in [0.25, 0.3) is 0 Å². The maximum atomic E-state index is 14.5. The lowest BCUT2D eigenvalue weighted by atomic mass is 10.1. The number of hydrogen-bond donors (Lipinski definition) is 0. The Morgan fingerprint density at radius 2 is 1.91 bits per heavy atom. The number of anilines is 1. The molecule has 1 fully saturated rings. The van der Waals surface area contributed by atoms with E-state index in [2.05, 4.69) is 16.2 Å². The number of fused-ring (bicyclic) bond motifs is 1. The predicted molar refractivity (Wildman–Crippen MR) is 121 cm³/mol. The van der Waals surface area contributed by atoms with Crippen LogP contribution in [0.3, 0.4) is 0 Å². The molecule has 2 aromatic heterocycles. The highest BCUT2D eigenvalue weighted by molar-refractivity contribution is 5.94. The summed E-state index contributed by atoms with van der Waals surface area (Å²) in [5.74, 6) is -0.553. The minimum absolute atomic E-state index is 0.0409. The Hall–Kier alpha value is -3.80. The molecule has 0 N–H and O–H groups in total. The average molecular weight is 449 g/mol. The van der Waals surface area contributed by atoms with Crippen LogP contribution < -0.4 is 4.90 Å². The second-order valence-corrected chi connectivity index (χ2v) is 8.26. The molecule has 3 aromatic rings. The lowest BCUT2D eigenvalue weighted by molar-refractivity contribution is -0.131. The summed E-state index contributed by atoms with van der Waals surface area (Å²) in [6.07, 6.45) is 2.37. The molecule has 0 aliphatic carbocycles. The maximum Gasteiger partial charge on any atom is 0.223 e. The lowest BCUT2D eigenvalue weighted by Crippen LogP contribution is -2.49. The van der Waals surface area contributed by atoms with Gasteiger partial charge >= 0.3 is 0 Å². The Labute approximate surface area is 191 Å². The van der Waals surface area contributed by atoms with E-state index in [9.17, 15) is 19.2 Å². The maximum absolute atomic E-state index is 14.5. The number of ketones is 1. The molecule has 4 rings (SSSR count). The second-order valence-electron chi connectivity index (χ2n) is 8.26. The van der Waals surface area contributed by atoms with Crippen LogP contribution in [0.2, 0.25) is 0 Å². The normalized spacial score (nSPS) is 13.9. The highest BCUT2D eigenvalue weighted by Gasteiger charge is 2.24. The third-order valence-electron chi connectivity index (χ3n) is 6.25. The van der Waals surface area contributed by atoms with Crippen LogP contribution in [0.4, 0.5) is 10.1 Å². The quantitative estimate of drug-likeness (QED) is 0.557. The van der Waals surface area contributed by atoms with Crippen molar-refractivity contribution in [3.63, 3.8) is 0 Å². The number of piperazine rings is 1. The van der Waals surface area contributed by atoms with Gasteiger partial charge in [-0.3, -0.25) is 9.59 Å². The van der Waals surface area contributed by atoms with Gasteiger partial charge in [0.15, 0.2) is 11.4 Å². The fourth-order valence-corrected chi connectivity index (χ4v) is 4.32. The first-order valence-corrected chi connectivity index (χ1v) is 10.9. The zero-order valence-electron chi connectivity index (χ0n) is 18.9.